The zero-order valence-corrected chi connectivity index (χ0v) is 13.2. The third-order valence-electron chi connectivity index (χ3n) is 3.92. The molecule has 0 amide bonds. The fourth-order valence-electron chi connectivity index (χ4n) is 2.93. The summed E-state index contributed by atoms with van der Waals surface area (Å²) in [6.07, 6.45) is 3.33. The Morgan fingerprint density at radius 1 is 1.37 bits per heavy atom. The smallest absolute Gasteiger partial charge is 0.137 e. The van der Waals surface area contributed by atoms with Crippen LogP contribution in [-0.4, -0.2) is 23.5 Å². The maximum Gasteiger partial charge on any atom is 0.137 e. The Morgan fingerprint density at radius 2 is 2.11 bits per heavy atom. The van der Waals surface area contributed by atoms with Crippen molar-refractivity contribution in [1.82, 2.24) is 4.90 Å². The Kier molecular flexibility index (Phi) is 4.98. The van der Waals surface area contributed by atoms with Gasteiger partial charge in [0.15, 0.2) is 0 Å². The minimum atomic E-state index is -0.211. The number of benzene rings is 1. The average Bonchev–Trinajstić information content (AvgIpc) is 2.55. The van der Waals surface area contributed by atoms with Crippen molar-refractivity contribution in [3.05, 3.63) is 34.1 Å². The Balaban J connectivity index is 2.37. The highest BCUT2D eigenvalue weighted by atomic mass is 79.9. The molecule has 0 bridgehead atoms. The molecule has 1 saturated heterocycles. The minimum absolute atomic E-state index is 0.0745. The van der Waals surface area contributed by atoms with E-state index in [0.717, 1.165) is 24.9 Å². The standard InChI is InChI=1S/C15H22BrFN2/c1-10(2)19-8-4-3-5-14(18)15(19)11-6-7-12(16)13(17)9-11/h6-7,9-10,14-15H,3-5,8,18H2,1-2H3. The molecule has 1 aliphatic rings. The van der Waals surface area contributed by atoms with E-state index >= 15 is 0 Å². The summed E-state index contributed by atoms with van der Waals surface area (Å²) >= 11 is 3.21. The van der Waals surface area contributed by atoms with Gasteiger partial charge in [0.05, 0.1) is 10.5 Å². The molecule has 4 heteroatoms. The first kappa shape index (κ1) is 14.9. The Labute approximate surface area is 123 Å². The Morgan fingerprint density at radius 3 is 2.74 bits per heavy atom. The summed E-state index contributed by atoms with van der Waals surface area (Å²) < 4.78 is 14.3. The zero-order chi connectivity index (χ0) is 14.0. The molecule has 1 heterocycles. The predicted molar refractivity (Wildman–Crippen MR) is 80.5 cm³/mol. The van der Waals surface area contributed by atoms with Crippen LogP contribution in [0.25, 0.3) is 0 Å². The molecule has 0 saturated carbocycles. The highest BCUT2D eigenvalue weighted by Crippen LogP contribution is 2.32. The van der Waals surface area contributed by atoms with Gasteiger partial charge in [-0.25, -0.2) is 4.39 Å². The number of halogens is 2. The first-order chi connectivity index (χ1) is 9.00. The van der Waals surface area contributed by atoms with Crippen LogP contribution in [0.3, 0.4) is 0 Å². The summed E-state index contributed by atoms with van der Waals surface area (Å²) in [5.41, 5.74) is 7.34. The van der Waals surface area contributed by atoms with E-state index in [9.17, 15) is 4.39 Å². The Hall–Kier alpha value is -0.450. The quantitative estimate of drug-likeness (QED) is 0.893. The molecule has 0 aliphatic carbocycles. The van der Waals surface area contributed by atoms with Crippen molar-refractivity contribution < 1.29 is 4.39 Å². The van der Waals surface area contributed by atoms with E-state index in [1.807, 2.05) is 6.07 Å². The highest BCUT2D eigenvalue weighted by Gasteiger charge is 2.30. The third kappa shape index (κ3) is 3.36. The van der Waals surface area contributed by atoms with Gasteiger partial charge >= 0.3 is 0 Å². The van der Waals surface area contributed by atoms with Crippen LogP contribution in [0.1, 0.15) is 44.7 Å². The summed E-state index contributed by atoms with van der Waals surface area (Å²) in [6.45, 7) is 5.40. The fraction of sp³-hybridized carbons (Fsp3) is 0.600. The van der Waals surface area contributed by atoms with Gasteiger partial charge in [0.1, 0.15) is 5.82 Å². The van der Waals surface area contributed by atoms with Crippen molar-refractivity contribution in [2.75, 3.05) is 6.54 Å². The maximum atomic E-state index is 13.8. The lowest BCUT2D eigenvalue weighted by Gasteiger charge is -2.36. The molecular weight excluding hydrogens is 307 g/mol. The van der Waals surface area contributed by atoms with Crippen molar-refractivity contribution in [3.63, 3.8) is 0 Å². The van der Waals surface area contributed by atoms with Crippen LogP contribution in [-0.2, 0) is 0 Å². The molecule has 106 valence electrons. The first-order valence-electron chi connectivity index (χ1n) is 6.97. The molecule has 2 rings (SSSR count). The van der Waals surface area contributed by atoms with Gasteiger partial charge in [0, 0.05) is 12.1 Å². The predicted octanol–water partition coefficient (Wildman–Crippen LogP) is 3.85. The number of nitrogens with two attached hydrogens (primary N) is 1. The van der Waals surface area contributed by atoms with Gasteiger partial charge in [-0.15, -0.1) is 0 Å². The van der Waals surface area contributed by atoms with Crippen molar-refractivity contribution in [2.24, 2.45) is 5.73 Å². The van der Waals surface area contributed by atoms with Crippen LogP contribution < -0.4 is 5.73 Å². The lowest BCUT2D eigenvalue weighted by Crippen LogP contribution is -2.43. The van der Waals surface area contributed by atoms with Gasteiger partial charge in [0.2, 0.25) is 0 Å². The number of hydrogen-bond acceptors (Lipinski definition) is 2. The summed E-state index contributed by atoms with van der Waals surface area (Å²) in [6, 6.07) is 5.99. The second kappa shape index (κ2) is 6.33. The molecule has 0 aromatic heterocycles. The summed E-state index contributed by atoms with van der Waals surface area (Å²) in [7, 11) is 0. The van der Waals surface area contributed by atoms with Crippen molar-refractivity contribution in [1.29, 1.82) is 0 Å². The van der Waals surface area contributed by atoms with E-state index in [-0.39, 0.29) is 17.9 Å². The molecular formula is C15H22BrFN2. The van der Waals surface area contributed by atoms with E-state index in [1.165, 1.54) is 6.42 Å². The molecule has 2 N–H and O–H groups in total. The second-order valence-corrected chi connectivity index (χ2v) is 6.46. The summed E-state index contributed by atoms with van der Waals surface area (Å²) in [5.74, 6) is -0.211. The highest BCUT2D eigenvalue weighted by molar-refractivity contribution is 9.10. The van der Waals surface area contributed by atoms with Crippen molar-refractivity contribution >= 4 is 15.9 Å². The van der Waals surface area contributed by atoms with Gasteiger partial charge in [-0.2, -0.15) is 0 Å². The van der Waals surface area contributed by atoms with Crippen LogP contribution >= 0.6 is 15.9 Å². The molecule has 2 atom stereocenters. The van der Waals surface area contributed by atoms with Crippen LogP contribution in [0.15, 0.2) is 22.7 Å². The molecule has 0 spiro atoms. The van der Waals surface area contributed by atoms with E-state index in [0.29, 0.717) is 10.5 Å². The SMILES string of the molecule is CC(C)N1CCCCC(N)C1c1ccc(Br)c(F)c1. The van der Waals surface area contributed by atoms with Gasteiger partial charge in [-0.05, 0) is 66.9 Å². The normalized spacial score (nSPS) is 25.6. The molecule has 2 nitrogen and oxygen atoms in total. The number of likely N-dealkylation sites (tertiary alicyclic amines) is 1. The largest absolute Gasteiger partial charge is 0.326 e. The molecule has 1 aliphatic heterocycles. The van der Waals surface area contributed by atoms with Crippen LogP contribution in [0.4, 0.5) is 4.39 Å². The molecule has 1 fully saturated rings. The van der Waals surface area contributed by atoms with Crippen LogP contribution in [0.5, 0.6) is 0 Å². The van der Waals surface area contributed by atoms with Gasteiger partial charge in [-0.3, -0.25) is 4.90 Å². The van der Waals surface area contributed by atoms with Gasteiger partial charge in [-0.1, -0.05) is 12.5 Å². The maximum absolute atomic E-state index is 13.8. The second-order valence-electron chi connectivity index (χ2n) is 5.61. The molecule has 1 aromatic rings. The molecule has 2 unspecified atom stereocenters. The fourth-order valence-corrected chi connectivity index (χ4v) is 3.18. The summed E-state index contributed by atoms with van der Waals surface area (Å²) in [4.78, 5) is 2.40. The lowest BCUT2D eigenvalue weighted by molar-refractivity contribution is 0.144. The van der Waals surface area contributed by atoms with Gasteiger partial charge in [0.25, 0.3) is 0 Å². The zero-order valence-electron chi connectivity index (χ0n) is 11.6. The minimum Gasteiger partial charge on any atom is -0.326 e. The monoisotopic (exact) mass is 328 g/mol. The van der Waals surface area contributed by atoms with Crippen LogP contribution in [0.2, 0.25) is 0 Å². The third-order valence-corrected chi connectivity index (χ3v) is 4.56. The Bertz CT molecular complexity index is 436. The number of rotatable bonds is 2. The van der Waals surface area contributed by atoms with E-state index in [2.05, 4.69) is 34.7 Å². The van der Waals surface area contributed by atoms with E-state index < -0.39 is 0 Å². The van der Waals surface area contributed by atoms with Crippen LogP contribution in [0, 0.1) is 5.82 Å². The first-order valence-corrected chi connectivity index (χ1v) is 7.76. The lowest BCUT2D eigenvalue weighted by atomic mass is 9.95. The summed E-state index contributed by atoms with van der Waals surface area (Å²) in [5, 5.41) is 0. The van der Waals surface area contributed by atoms with E-state index in [1.54, 1.807) is 12.1 Å². The topological polar surface area (TPSA) is 29.3 Å². The molecule has 19 heavy (non-hydrogen) atoms. The van der Waals surface area contributed by atoms with Crippen molar-refractivity contribution in [2.45, 2.75) is 51.2 Å². The molecule has 1 aromatic carbocycles. The van der Waals surface area contributed by atoms with Crippen molar-refractivity contribution in [3.8, 4) is 0 Å². The average molecular weight is 329 g/mol. The van der Waals surface area contributed by atoms with E-state index in [4.69, 9.17) is 5.73 Å². The number of nitrogens with zero attached hydrogens (tertiary/aromatic N) is 1. The molecule has 0 radical (unpaired) electrons. The number of hydrogen-bond donors (Lipinski definition) is 1. The van der Waals surface area contributed by atoms with Gasteiger partial charge < -0.3 is 5.73 Å².